The fourth-order valence-corrected chi connectivity index (χ4v) is 4.12. The van der Waals surface area contributed by atoms with Crippen molar-refractivity contribution in [2.45, 2.75) is 58.6 Å². The fraction of sp³-hybridized carbons (Fsp3) is 0.417. The lowest BCUT2D eigenvalue weighted by molar-refractivity contribution is 0.00578. The highest BCUT2D eigenvalue weighted by Gasteiger charge is 2.51. The lowest BCUT2D eigenvalue weighted by Crippen LogP contribution is -2.41. The lowest BCUT2D eigenvalue weighted by Gasteiger charge is -2.32. The topological polar surface area (TPSA) is 65.8 Å². The number of carbonyl (C=O) groups is 1. The molecule has 0 spiro atoms. The second kappa shape index (κ2) is 7.64. The number of amides is 1. The zero-order valence-corrected chi connectivity index (χ0v) is 19.0. The Kier molecular flexibility index (Phi) is 5.02. The molecule has 0 radical (unpaired) electrons. The van der Waals surface area contributed by atoms with Crippen LogP contribution < -0.4 is 5.46 Å². The van der Waals surface area contributed by atoms with Gasteiger partial charge in [0.1, 0.15) is 12.4 Å². The van der Waals surface area contributed by atoms with Crippen molar-refractivity contribution in [3.63, 3.8) is 0 Å². The summed E-state index contributed by atoms with van der Waals surface area (Å²) in [6, 6.07) is 15.8. The summed E-state index contributed by atoms with van der Waals surface area (Å²) in [6.45, 7) is 10.1. The number of hydrogen-bond donors (Lipinski definition) is 0. The lowest BCUT2D eigenvalue weighted by atomic mass is 9.79. The van der Waals surface area contributed by atoms with Gasteiger partial charge in [-0.2, -0.15) is 0 Å². The number of carbonyl (C=O) groups excluding carboxylic acids is 1. The number of benzene rings is 2. The predicted octanol–water partition coefficient (Wildman–Crippen LogP) is 3.49. The molecule has 0 bridgehead atoms. The molecule has 3 aromatic rings. The number of rotatable bonds is 3. The van der Waals surface area contributed by atoms with Crippen LogP contribution in [-0.4, -0.2) is 45.4 Å². The van der Waals surface area contributed by atoms with Crippen molar-refractivity contribution < 1.29 is 18.8 Å². The minimum Gasteiger partial charge on any atom is -0.445 e. The summed E-state index contributed by atoms with van der Waals surface area (Å²) in [5.41, 5.74) is 3.11. The summed E-state index contributed by atoms with van der Waals surface area (Å²) in [7, 11) is -0.413. The van der Waals surface area contributed by atoms with Gasteiger partial charge in [-0.15, -0.1) is 0 Å². The van der Waals surface area contributed by atoms with E-state index in [2.05, 4.69) is 38.3 Å². The van der Waals surface area contributed by atoms with Crippen LogP contribution in [0.4, 0.5) is 4.79 Å². The minimum absolute atomic E-state index is 0.268. The van der Waals surface area contributed by atoms with Crippen LogP contribution in [0.1, 0.15) is 39.1 Å². The Hall–Kier alpha value is -2.84. The van der Waals surface area contributed by atoms with Crippen LogP contribution in [0.15, 0.2) is 48.5 Å². The maximum Gasteiger partial charge on any atom is 0.494 e. The van der Waals surface area contributed by atoms with Gasteiger partial charge in [-0.25, -0.2) is 9.78 Å². The van der Waals surface area contributed by atoms with Gasteiger partial charge in [-0.3, -0.25) is 4.90 Å². The standard InChI is InChI=1S/C24H28BN3O4/c1-23(2)24(3,4)32-25(31-23)18-10-11-19-20(14-18)28-13-12-27(15-21(28)26-19)22(29)30-16-17-8-6-5-7-9-17/h5-11,14H,12-13,15-16H2,1-4H3. The van der Waals surface area contributed by atoms with E-state index in [9.17, 15) is 4.79 Å². The molecule has 0 unspecified atom stereocenters. The van der Waals surface area contributed by atoms with E-state index in [1.807, 2.05) is 42.5 Å². The predicted molar refractivity (Wildman–Crippen MR) is 122 cm³/mol. The molecular weight excluding hydrogens is 405 g/mol. The van der Waals surface area contributed by atoms with Crippen LogP contribution in [-0.2, 0) is 33.7 Å². The van der Waals surface area contributed by atoms with E-state index in [4.69, 9.17) is 19.0 Å². The number of hydrogen-bond acceptors (Lipinski definition) is 5. The molecule has 1 fully saturated rings. The summed E-state index contributed by atoms with van der Waals surface area (Å²) in [4.78, 5) is 19.0. The van der Waals surface area contributed by atoms with Gasteiger partial charge < -0.3 is 18.6 Å². The molecule has 7 nitrogen and oxygen atoms in total. The summed E-state index contributed by atoms with van der Waals surface area (Å²) < 4.78 is 20.1. The van der Waals surface area contributed by atoms with E-state index in [1.165, 1.54) is 0 Å². The van der Waals surface area contributed by atoms with E-state index < -0.39 is 7.12 Å². The second-order valence-electron chi connectivity index (χ2n) is 9.48. The molecule has 0 saturated carbocycles. The van der Waals surface area contributed by atoms with Crippen molar-refractivity contribution in [1.29, 1.82) is 0 Å². The Labute approximate surface area is 188 Å². The Morgan fingerprint density at radius 3 is 2.50 bits per heavy atom. The van der Waals surface area contributed by atoms with Crippen LogP contribution in [0.2, 0.25) is 0 Å². The first-order chi connectivity index (χ1) is 15.2. The maximum atomic E-state index is 12.6. The highest BCUT2D eigenvalue weighted by Crippen LogP contribution is 2.36. The molecule has 166 valence electrons. The molecule has 2 aromatic carbocycles. The number of imidazole rings is 1. The molecule has 0 N–H and O–H groups in total. The van der Waals surface area contributed by atoms with E-state index in [0.29, 0.717) is 19.6 Å². The van der Waals surface area contributed by atoms with Gasteiger partial charge in [0.2, 0.25) is 0 Å². The van der Waals surface area contributed by atoms with Gasteiger partial charge in [-0.1, -0.05) is 36.4 Å². The number of fused-ring (bicyclic) bond motifs is 3. The first-order valence-corrected chi connectivity index (χ1v) is 11.0. The molecule has 0 atom stereocenters. The maximum absolute atomic E-state index is 12.6. The first kappa shape index (κ1) is 21.0. The van der Waals surface area contributed by atoms with Gasteiger partial charge in [0.15, 0.2) is 0 Å². The molecule has 2 aliphatic rings. The highest BCUT2D eigenvalue weighted by atomic mass is 16.7. The zero-order valence-electron chi connectivity index (χ0n) is 19.0. The van der Waals surface area contributed by atoms with Crippen molar-refractivity contribution in [1.82, 2.24) is 14.5 Å². The molecule has 8 heteroatoms. The Morgan fingerprint density at radius 1 is 1.06 bits per heavy atom. The van der Waals surface area contributed by atoms with Crippen LogP contribution in [0.25, 0.3) is 11.0 Å². The highest BCUT2D eigenvalue weighted by molar-refractivity contribution is 6.62. The third-order valence-corrected chi connectivity index (χ3v) is 6.77. The molecule has 1 amide bonds. The van der Waals surface area contributed by atoms with Crippen LogP contribution in [0.5, 0.6) is 0 Å². The average molecular weight is 433 g/mol. The zero-order chi connectivity index (χ0) is 22.5. The number of nitrogens with zero attached hydrogens (tertiary/aromatic N) is 3. The van der Waals surface area contributed by atoms with Gasteiger partial charge in [0, 0.05) is 13.1 Å². The van der Waals surface area contributed by atoms with Crippen LogP contribution >= 0.6 is 0 Å². The number of ether oxygens (including phenoxy) is 1. The molecule has 5 rings (SSSR count). The molecule has 3 heterocycles. The van der Waals surface area contributed by atoms with E-state index in [1.54, 1.807) is 4.90 Å². The SMILES string of the molecule is CC1(C)OB(c2ccc3nc4n(c3c2)CCN(C(=O)OCc2ccccc2)C4)OC1(C)C. The monoisotopic (exact) mass is 433 g/mol. The minimum atomic E-state index is -0.413. The number of aromatic nitrogens is 2. The molecule has 1 aromatic heterocycles. The smallest absolute Gasteiger partial charge is 0.445 e. The summed E-state index contributed by atoms with van der Waals surface area (Å²) in [5.74, 6) is 0.856. The normalized spacial score (nSPS) is 19.2. The largest absolute Gasteiger partial charge is 0.494 e. The van der Waals surface area contributed by atoms with Crippen molar-refractivity contribution in [2.24, 2.45) is 0 Å². The Morgan fingerprint density at radius 2 is 1.78 bits per heavy atom. The second-order valence-corrected chi connectivity index (χ2v) is 9.48. The summed E-state index contributed by atoms with van der Waals surface area (Å²) in [6.07, 6.45) is -0.315. The van der Waals surface area contributed by atoms with Crippen LogP contribution in [0, 0.1) is 0 Å². The quantitative estimate of drug-likeness (QED) is 0.592. The van der Waals surface area contributed by atoms with E-state index in [0.717, 1.165) is 27.9 Å². The molecular formula is C24H28BN3O4. The van der Waals surface area contributed by atoms with E-state index in [-0.39, 0.29) is 23.9 Å². The van der Waals surface area contributed by atoms with Crippen LogP contribution in [0.3, 0.4) is 0 Å². The van der Waals surface area contributed by atoms with Crippen molar-refractivity contribution >= 4 is 29.7 Å². The Balaban J connectivity index is 1.32. The summed E-state index contributed by atoms with van der Waals surface area (Å²) >= 11 is 0. The molecule has 1 saturated heterocycles. The van der Waals surface area contributed by atoms with Gasteiger partial charge in [0.25, 0.3) is 0 Å². The average Bonchev–Trinajstić information content (AvgIpc) is 3.24. The molecule has 0 aliphatic carbocycles. The van der Waals surface area contributed by atoms with E-state index >= 15 is 0 Å². The van der Waals surface area contributed by atoms with Crippen molar-refractivity contribution in [3.05, 3.63) is 59.9 Å². The van der Waals surface area contributed by atoms with Gasteiger partial charge >= 0.3 is 13.2 Å². The molecule has 2 aliphatic heterocycles. The third-order valence-electron chi connectivity index (χ3n) is 6.77. The van der Waals surface area contributed by atoms with Crippen molar-refractivity contribution in [3.8, 4) is 0 Å². The van der Waals surface area contributed by atoms with Gasteiger partial charge in [0.05, 0.1) is 28.8 Å². The summed E-state index contributed by atoms with van der Waals surface area (Å²) in [5, 5.41) is 0. The third kappa shape index (κ3) is 3.67. The van der Waals surface area contributed by atoms with Crippen molar-refractivity contribution in [2.75, 3.05) is 6.54 Å². The van der Waals surface area contributed by atoms with Gasteiger partial charge in [-0.05, 0) is 50.9 Å². The molecule has 32 heavy (non-hydrogen) atoms. The Bertz CT molecular complexity index is 1140. The first-order valence-electron chi connectivity index (χ1n) is 11.0. The fourth-order valence-electron chi connectivity index (χ4n) is 4.12.